The van der Waals surface area contributed by atoms with Crippen molar-refractivity contribution in [3.8, 4) is 0 Å². The highest BCUT2D eigenvalue weighted by atomic mass is 35.5. The summed E-state index contributed by atoms with van der Waals surface area (Å²) in [5.41, 5.74) is 0.719. The molecule has 0 bridgehead atoms. The van der Waals surface area contributed by atoms with Crippen molar-refractivity contribution >= 4 is 23.5 Å². The molecule has 0 unspecified atom stereocenters. The van der Waals surface area contributed by atoms with E-state index >= 15 is 0 Å². The molecule has 2 aromatic carbocycles. The molecule has 2 saturated heterocycles. The van der Waals surface area contributed by atoms with Crippen molar-refractivity contribution in [3.63, 3.8) is 0 Å². The third kappa shape index (κ3) is 4.76. The van der Waals surface area contributed by atoms with Crippen LogP contribution in [-0.2, 0) is 22.5 Å². The number of carbonyl (C=O) groups is 2. The van der Waals surface area contributed by atoms with Crippen molar-refractivity contribution < 1.29 is 18.7 Å². The molecule has 8 heteroatoms. The van der Waals surface area contributed by atoms with Crippen LogP contribution in [0.4, 0.5) is 9.18 Å². The first-order chi connectivity index (χ1) is 16.0. The number of nitrogens with zero attached hydrogens (tertiary/aromatic N) is 3. The monoisotopic (exact) mass is 473 g/mol. The average Bonchev–Trinajstić information content (AvgIpc) is 3.01. The molecule has 4 rings (SSSR count). The van der Waals surface area contributed by atoms with Gasteiger partial charge < -0.3 is 9.64 Å². The lowest BCUT2D eigenvalue weighted by molar-refractivity contribution is -0.136. The maximum atomic E-state index is 14.3. The summed E-state index contributed by atoms with van der Waals surface area (Å²) in [4.78, 5) is 32.0. The van der Waals surface area contributed by atoms with E-state index in [-0.39, 0.29) is 24.3 Å². The van der Waals surface area contributed by atoms with Gasteiger partial charge in [0.1, 0.15) is 11.4 Å². The molecule has 0 atom stereocenters. The maximum absolute atomic E-state index is 14.3. The van der Waals surface area contributed by atoms with Gasteiger partial charge in [-0.1, -0.05) is 48.0 Å². The Morgan fingerprint density at radius 1 is 1.03 bits per heavy atom. The summed E-state index contributed by atoms with van der Waals surface area (Å²) >= 11 is 6.21. The Bertz CT molecular complexity index is 975. The largest absolute Gasteiger partial charge is 0.383 e. The predicted molar refractivity (Wildman–Crippen MR) is 124 cm³/mol. The second kappa shape index (κ2) is 10.2. The number of benzene rings is 2. The SMILES string of the molecule is COCCN1C(=O)N(CCc2ccccc2)C2(CCN(Cc3c(F)cccc3Cl)CC2)C1=O. The number of amides is 3. The van der Waals surface area contributed by atoms with Crippen LogP contribution in [0.25, 0.3) is 0 Å². The number of hydrogen-bond acceptors (Lipinski definition) is 4. The van der Waals surface area contributed by atoms with Gasteiger partial charge in [-0.3, -0.25) is 14.6 Å². The molecule has 0 radical (unpaired) electrons. The molecule has 2 aliphatic heterocycles. The zero-order valence-electron chi connectivity index (χ0n) is 18.8. The third-order valence-electron chi connectivity index (χ3n) is 6.73. The Kier molecular flexibility index (Phi) is 7.32. The van der Waals surface area contributed by atoms with Crippen LogP contribution in [0.1, 0.15) is 24.0 Å². The molecule has 1 spiro atoms. The first-order valence-corrected chi connectivity index (χ1v) is 11.7. The summed E-state index contributed by atoms with van der Waals surface area (Å²) < 4.78 is 19.4. The zero-order chi connectivity index (χ0) is 23.4. The van der Waals surface area contributed by atoms with Gasteiger partial charge in [0, 0.05) is 43.9 Å². The summed E-state index contributed by atoms with van der Waals surface area (Å²) in [5.74, 6) is -0.480. The molecule has 2 aliphatic rings. The minimum absolute atomic E-state index is 0.152. The Hall–Kier alpha value is -2.48. The van der Waals surface area contributed by atoms with Crippen LogP contribution in [0, 0.1) is 5.82 Å². The highest BCUT2D eigenvalue weighted by Crippen LogP contribution is 2.38. The maximum Gasteiger partial charge on any atom is 0.327 e. The minimum Gasteiger partial charge on any atom is -0.383 e. The highest BCUT2D eigenvalue weighted by molar-refractivity contribution is 6.31. The van der Waals surface area contributed by atoms with Crippen LogP contribution in [0.15, 0.2) is 48.5 Å². The highest BCUT2D eigenvalue weighted by Gasteiger charge is 2.57. The van der Waals surface area contributed by atoms with Gasteiger partial charge in [-0.05, 0) is 37.0 Å². The molecule has 0 aliphatic carbocycles. The van der Waals surface area contributed by atoms with Crippen molar-refractivity contribution in [1.82, 2.24) is 14.7 Å². The number of imide groups is 1. The number of rotatable bonds is 8. The summed E-state index contributed by atoms with van der Waals surface area (Å²) in [6.07, 6.45) is 1.68. The molecule has 2 aromatic rings. The molecular weight excluding hydrogens is 445 g/mol. The number of ether oxygens (including phenoxy) is 1. The van der Waals surface area contributed by atoms with Gasteiger partial charge in [-0.15, -0.1) is 0 Å². The Labute approximate surface area is 198 Å². The number of piperidine rings is 1. The average molecular weight is 474 g/mol. The van der Waals surface area contributed by atoms with Crippen LogP contribution in [-0.4, -0.2) is 72.1 Å². The molecule has 33 heavy (non-hydrogen) atoms. The van der Waals surface area contributed by atoms with Crippen LogP contribution < -0.4 is 0 Å². The topological polar surface area (TPSA) is 53.1 Å². The van der Waals surface area contributed by atoms with E-state index in [9.17, 15) is 14.0 Å². The normalized spacial score (nSPS) is 18.5. The molecule has 0 aromatic heterocycles. The number of likely N-dealkylation sites (tertiary alicyclic amines) is 1. The summed E-state index contributed by atoms with van der Waals surface area (Å²) in [5, 5.41) is 0.401. The summed E-state index contributed by atoms with van der Waals surface area (Å²) in [6.45, 7) is 2.54. The van der Waals surface area contributed by atoms with E-state index in [0.29, 0.717) is 62.6 Å². The van der Waals surface area contributed by atoms with Crippen LogP contribution in [0.2, 0.25) is 5.02 Å². The second-order valence-electron chi connectivity index (χ2n) is 8.63. The molecule has 2 fully saturated rings. The van der Waals surface area contributed by atoms with Gasteiger partial charge in [-0.2, -0.15) is 0 Å². The van der Waals surface area contributed by atoms with Gasteiger partial charge >= 0.3 is 6.03 Å². The lowest BCUT2D eigenvalue weighted by Crippen LogP contribution is -2.56. The molecule has 2 heterocycles. The fourth-order valence-electron chi connectivity index (χ4n) is 4.83. The van der Waals surface area contributed by atoms with E-state index in [4.69, 9.17) is 16.3 Å². The Morgan fingerprint density at radius 2 is 1.76 bits per heavy atom. The molecule has 0 N–H and O–H groups in total. The van der Waals surface area contributed by atoms with Crippen molar-refractivity contribution in [2.24, 2.45) is 0 Å². The van der Waals surface area contributed by atoms with Crippen LogP contribution in [0.5, 0.6) is 0 Å². The first-order valence-electron chi connectivity index (χ1n) is 11.3. The second-order valence-corrected chi connectivity index (χ2v) is 9.03. The van der Waals surface area contributed by atoms with E-state index in [1.54, 1.807) is 24.1 Å². The molecule has 0 saturated carbocycles. The number of methoxy groups -OCH3 is 1. The van der Waals surface area contributed by atoms with Gasteiger partial charge in [0.05, 0.1) is 13.2 Å². The lowest BCUT2D eigenvalue weighted by Gasteiger charge is -2.42. The summed E-state index contributed by atoms with van der Waals surface area (Å²) in [7, 11) is 1.56. The van der Waals surface area contributed by atoms with E-state index < -0.39 is 5.54 Å². The number of carbonyl (C=O) groups excluding carboxylic acids is 2. The van der Waals surface area contributed by atoms with E-state index in [1.807, 2.05) is 30.3 Å². The van der Waals surface area contributed by atoms with Gasteiger partial charge in [-0.25, -0.2) is 9.18 Å². The predicted octanol–water partition coefficient (Wildman–Crippen LogP) is 3.97. The Balaban J connectivity index is 1.51. The molecule has 3 amide bonds. The fraction of sp³-hybridized carbons (Fsp3) is 0.440. The van der Waals surface area contributed by atoms with E-state index in [1.165, 1.54) is 11.0 Å². The number of hydrogen-bond donors (Lipinski definition) is 0. The standard InChI is InChI=1S/C25H29ClFN3O3/c1-33-17-16-29-23(31)25(30(24(29)32)13-10-19-6-3-2-4-7-19)11-14-28(15-12-25)18-20-21(26)8-5-9-22(20)27/h2-9H,10-18H2,1H3. The van der Waals surface area contributed by atoms with Crippen molar-refractivity contribution in [2.75, 3.05) is 39.9 Å². The molecule has 6 nitrogen and oxygen atoms in total. The molecular formula is C25H29ClFN3O3. The van der Waals surface area contributed by atoms with Crippen LogP contribution >= 0.6 is 11.6 Å². The zero-order valence-corrected chi connectivity index (χ0v) is 19.6. The van der Waals surface area contributed by atoms with Gasteiger partial charge in [0.25, 0.3) is 5.91 Å². The smallest absolute Gasteiger partial charge is 0.327 e. The number of halogens is 2. The van der Waals surface area contributed by atoms with Gasteiger partial charge in [0.15, 0.2) is 0 Å². The van der Waals surface area contributed by atoms with E-state index in [2.05, 4.69) is 4.90 Å². The van der Waals surface area contributed by atoms with E-state index in [0.717, 1.165) is 5.56 Å². The van der Waals surface area contributed by atoms with Gasteiger partial charge in [0.2, 0.25) is 0 Å². The lowest BCUT2D eigenvalue weighted by atomic mass is 9.85. The first kappa shape index (κ1) is 23.7. The quantitative estimate of drug-likeness (QED) is 0.544. The number of urea groups is 1. The molecule has 176 valence electrons. The third-order valence-corrected chi connectivity index (χ3v) is 7.09. The van der Waals surface area contributed by atoms with Crippen molar-refractivity contribution in [1.29, 1.82) is 0 Å². The fourth-order valence-corrected chi connectivity index (χ4v) is 5.05. The minimum atomic E-state index is -0.866. The Morgan fingerprint density at radius 3 is 2.42 bits per heavy atom. The summed E-state index contributed by atoms with van der Waals surface area (Å²) in [6, 6.07) is 14.4. The van der Waals surface area contributed by atoms with Crippen molar-refractivity contribution in [3.05, 3.63) is 70.5 Å². The van der Waals surface area contributed by atoms with Crippen molar-refractivity contribution in [2.45, 2.75) is 31.3 Å². The van der Waals surface area contributed by atoms with Crippen LogP contribution in [0.3, 0.4) is 0 Å².